The zero-order valence-corrected chi connectivity index (χ0v) is 13.8. The Balaban J connectivity index is 1.66. The maximum absolute atomic E-state index is 12.6. The minimum absolute atomic E-state index is 0.0214. The van der Waals surface area contributed by atoms with Gasteiger partial charge in [-0.1, -0.05) is 24.3 Å². The van der Waals surface area contributed by atoms with Crippen molar-refractivity contribution in [3.05, 3.63) is 35.4 Å². The number of hydrogen-bond donors (Lipinski definition) is 1. The third-order valence-corrected chi connectivity index (χ3v) is 5.35. The van der Waals surface area contributed by atoms with E-state index in [1.165, 1.54) is 12.1 Å². The molecule has 2 aliphatic rings. The Morgan fingerprint density at radius 2 is 1.75 bits per heavy atom. The average molecular weight is 339 g/mol. The molecule has 0 unspecified atom stereocenters. The second-order valence-corrected chi connectivity index (χ2v) is 6.87. The number of ether oxygens (including phenoxy) is 1. The van der Waals surface area contributed by atoms with Crippen molar-refractivity contribution in [2.24, 2.45) is 0 Å². The van der Waals surface area contributed by atoms with Gasteiger partial charge in [0.1, 0.15) is 5.60 Å². The fraction of sp³-hybridized carbons (Fsp3) is 0.611. The summed E-state index contributed by atoms with van der Waals surface area (Å²) in [5.41, 5.74) is 0.352. The number of aliphatic hydroxyl groups excluding tert-OH is 1. The predicted octanol–water partition coefficient (Wildman–Crippen LogP) is 4.20. The third-order valence-electron chi connectivity index (χ3n) is 5.35. The molecule has 3 rings (SSSR count). The molecular weight excluding hydrogens is 316 g/mol. The van der Waals surface area contributed by atoms with Gasteiger partial charge in [0.2, 0.25) is 0 Å². The highest BCUT2D eigenvalue weighted by Gasteiger charge is 2.44. The molecule has 2 fully saturated rings. The van der Waals surface area contributed by atoms with E-state index in [0.717, 1.165) is 12.0 Å². The lowest BCUT2D eigenvalue weighted by Gasteiger charge is -2.45. The number of rotatable bonds is 3. The van der Waals surface area contributed by atoms with Crippen LogP contribution in [-0.4, -0.2) is 34.3 Å². The molecule has 1 atom stereocenters. The molecule has 1 aliphatic heterocycles. The number of alkyl halides is 2. The van der Waals surface area contributed by atoms with Gasteiger partial charge in [-0.05, 0) is 38.2 Å². The van der Waals surface area contributed by atoms with Gasteiger partial charge in [-0.15, -0.1) is 0 Å². The minimum atomic E-state index is -2.49. The summed E-state index contributed by atoms with van der Waals surface area (Å²) in [4.78, 5) is 14.1. The van der Waals surface area contributed by atoms with Crippen LogP contribution in [0.2, 0.25) is 0 Å². The van der Waals surface area contributed by atoms with Crippen LogP contribution < -0.4 is 0 Å². The van der Waals surface area contributed by atoms with Crippen LogP contribution in [-0.2, 0) is 4.74 Å². The van der Waals surface area contributed by atoms with Crippen LogP contribution in [0.4, 0.5) is 13.6 Å². The van der Waals surface area contributed by atoms with E-state index < -0.39 is 12.0 Å². The molecule has 0 radical (unpaired) electrons. The first-order chi connectivity index (χ1) is 11.4. The Labute approximate surface area is 140 Å². The molecule has 0 bridgehead atoms. The van der Waals surface area contributed by atoms with E-state index in [1.807, 2.05) is 6.92 Å². The number of carbonyl (C=O) groups is 1. The largest absolute Gasteiger partial charge is 0.443 e. The fourth-order valence-corrected chi connectivity index (χ4v) is 3.64. The first kappa shape index (κ1) is 17.1. The van der Waals surface area contributed by atoms with Crippen LogP contribution >= 0.6 is 0 Å². The predicted molar refractivity (Wildman–Crippen MR) is 84.8 cm³/mol. The summed E-state index contributed by atoms with van der Waals surface area (Å²) in [6.07, 6.45) is 0.329. The number of halogens is 2. The van der Waals surface area contributed by atoms with Crippen LogP contribution in [0.1, 0.15) is 62.6 Å². The van der Waals surface area contributed by atoms with Crippen molar-refractivity contribution in [2.75, 3.05) is 6.54 Å². The second kappa shape index (κ2) is 6.67. The summed E-state index contributed by atoms with van der Waals surface area (Å²) in [6, 6.07) is 5.85. The SMILES string of the molecule is C[C@@H](c1ccc(C(F)F)cc1)N1CC[C@]2(CC[C@H](O)CC2)OC1=O. The summed E-state index contributed by atoms with van der Waals surface area (Å²) in [7, 11) is 0. The maximum atomic E-state index is 12.6. The van der Waals surface area contributed by atoms with E-state index in [4.69, 9.17) is 4.74 Å². The maximum Gasteiger partial charge on any atom is 0.410 e. The summed E-state index contributed by atoms with van der Waals surface area (Å²) < 4.78 is 31.0. The molecule has 24 heavy (non-hydrogen) atoms. The molecule has 1 saturated carbocycles. The number of benzene rings is 1. The minimum Gasteiger partial charge on any atom is -0.443 e. The van der Waals surface area contributed by atoms with Gasteiger partial charge < -0.3 is 14.7 Å². The lowest BCUT2D eigenvalue weighted by molar-refractivity contribution is -0.0908. The van der Waals surface area contributed by atoms with E-state index in [2.05, 4.69) is 0 Å². The number of amides is 1. The third kappa shape index (κ3) is 3.38. The molecule has 0 aromatic heterocycles. The Kier molecular flexibility index (Phi) is 4.76. The van der Waals surface area contributed by atoms with E-state index >= 15 is 0 Å². The molecule has 1 heterocycles. The van der Waals surface area contributed by atoms with Crippen LogP contribution in [0.3, 0.4) is 0 Å². The Morgan fingerprint density at radius 1 is 1.17 bits per heavy atom. The zero-order valence-electron chi connectivity index (χ0n) is 13.8. The normalized spacial score (nSPS) is 29.0. The number of nitrogens with zero attached hydrogens (tertiary/aromatic N) is 1. The molecular formula is C18H23F2NO3. The van der Waals surface area contributed by atoms with Gasteiger partial charge >= 0.3 is 6.09 Å². The molecule has 1 aliphatic carbocycles. The van der Waals surface area contributed by atoms with Crippen molar-refractivity contribution in [3.63, 3.8) is 0 Å². The molecule has 1 N–H and O–H groups in total. The van der Waals surface area contributed by atoms with Crippen molar-refractivity contribution in [2.45, 2.75) is 63.2 Å². The Morgan fingerprint density at radius 3 is 2.29 bits per heavy atom. The monoisotopic (exact) mass is 339 g/mol. The second-order valence-electron chi connectivity index (χ2n) is 6.87. The van der Waals surface area contributed by atoms with Crippen molar-refractivity contribution < 1.29 is 23.4 Å². The highest BCUT2D eigenvalue weighted by Crippen LogP contribution is 2.39. The topological polar surface area (TPSA) is 49.8 Å². The van der Waals surface area contributed by atoms with Crippen molar-refractivity contribution in [3.8, 4) is 0 Å². The van der Waals surface area contributed by atoms with Gasteiger partial charge in [0.15, 0.2) is 0 Å². The number of carbonyl (C=O) groups excluding carboxylic acids is 1. The fourth-order valence-electron chi connectivity index (χ4n) is 3.64. The molecule has 1 aromatic carbocycles. The highest BCUT2D eigenvalue weighted by atomic mass is 19.3. The van der Waals surface area contributed by atoms with Gasteiger partial charge in [-0.25, -0.2) is 13.6 Å². The molecule has 1 spiro atoms. The van der Waals surface area contributed by atoms with Gasteiger partial charge in [0.25, 0.3) is 6.43 Å². The van der Waals surface area contributed by atoms with Crippen molar-refractivity contribution in [1.29, 1.82) is 0 Å². The molecule has 1 amide bonds. The lowest BCUT2D eigenvalue weighted by Crippen LogP contribution is -2.52. The molecule has 132 valence electrons. The molecule has 1 saturated heterocycles. The van der Waals surface area contributed by atoms with Gasteiger partial charge in [0.05, 0.1) is 12.1 Å². The summed E-state index contributed by atoms with van der Waals surface area (Å²) in [5, 5.41) is 9.64. The van der Waals surface area contributed by atoms with E-state index in [-0.39, 0.29) is 23.8 Å². The van der Waals surface area contributed by atoms with Crippen LogP contribution in [0.15, 0.2) is 24.3 Å². The summed E-state index contributed by atoms with van der Waals surface area (Å²) in [6.45, 7) is 2.45. The van der Waals surface area contributed by atoms with Gasteiger partial charge in [-0.3, -0.25) is 0 Å². The molecule has 6 heteroatoms. The standard InChI is InChI=1S/C18H23F2NO3/c1-12(13-2-4-14(5-3-13)16(19)20)21-11-10-18(24-17(21)23)8-6-15(22)7-9-18/h2-5,12,15-16,22H,6-11H2,1H3/t12-,15-,18+/m0/s1. The lowest BCUT2D eigenvalue weighted by atomic mass is 9.80. The summed E-state index contributed by atoms with van der Waals surface area (Å²) >= 11 is 0. The van der Waals surface area contributed by atoms with Crippen LogP contribution in [0.5, 0.6) is 0 Å². The number of aliphatic hydroxyl groups is 1. The van der Waals surface area contributed by atoms with E-state index in [0.29, 0.717) is 32.2 Å². The number of hydrogen-bond acceptors (Lipinski definition) is 3. The van der Waals surface area contributed by atoms with Gasteiger partial charge in [0, 0.05) is 18.5 Å². The Bertz CT molecular complexity index is 582. The van der Waals surface area contributed by atoms with Crippen molar-refractivity contribution in [1.82, 2.24) is 4.90 Å². The molecule has 4 nitrogen and oxygen atoms in total. The smallest absolute Gasteiger partial charge is 0.410 e. The first-order valence-corrected chi connectivity index (χ1v) is 8.46. The van der Waals surface area contributed by atoms with Crippen LogP contribution in [0.25, 0.3) is 0 Å². The summed E-state index contributed by atoms with van der Waals surface area (Å²) in [5.74, 6) is 0. The first-order valence-electron chi connectivity index (χ1n) is 8.46. The average Bonchev–Trinajstić information content (AvgIpc) is 2.57. The van der Waals surface area contributed by atoms with E-state index in [9.17, 15) is 18.7 Å². The van der Waals surface area contributed by atoms with Crippen LogP contribution in [0, 0.1) is 0 Å². The Hall–Kier alpha value is -1.69. The van der Waals surface area contributed by atoms with Crippen molar-refractivity contribution >= 4 is 6.09 Å². The van der Waals surface area contributed by atoms with Gasteiger partial charge in [-0.2, -0.15) is 0 Å². The zero-order chi connectivity index (χ0) is 17.3. The highest BCUT2D eigenvalue weighted by molar-refractivity contribution is 5.69. The molecule has 1 aromatic rings. The quantitative estimate of drug-likeness (QED) is 0.898. The van der Waals surface area contributed by atoms with E-state index in [1.54, 1.807) is 17.0 Å².